The molecule has 80 valence electrons. The number of nitrogens with zero attached hydrogens (tertiary/aromatic N) is 3. The zero-order valence-electron chi connectivity index (χ0n) is 8.98. The molecule has 5 nitrogen and oxygen atoms in total. The van der Waals surface area contributed by atoms with Crippen LogP contribution in [-0.2, 0) is 0 Å². The summed E-state index contributed by atoms with van der Waals surface area (Å²) in [6.07, 6.45) is 0. The van der Waals surface area contributed by atoms with Crippen molar-refractivity contribution in [2.45, 2.75) is 6.92 Å². The number of H-pyrrole nitrogens is 1. The molecular weight excluding hydrogens is 204 g/mol. The summed E-state index contributed by atoms with van der Waals surface area (Å²) in [6, 6.07) is 5.67. The Morgan fingerprint density at radius 2 is 2.06 bits per heavy atom. The van der Waals surface area contributed by atoms with E-state index in [1.165, 1.54) is 0 Å². The molecule has 0 unspecified atom stereocenters. The summed E-state index contributed by atoms with van der Waals surface area (Å²) in [5.41, 5.74) is 3.38. The summed E-state index contributed by atoms with van der Waals surface area (Å²) in [4.78, 5) is 0. The second kappa shape index (κ2) is 3.16. The second-order valence-electron chi connectivity index (χ2n) is 3.63. The minimum absolute atomic E-state index is 0.794. The average Bonchev–Trinajstić information content (AvgIpc) is 2.71. The fourth-order valence-electron chi connectivity index (χ4n) is 1.76. The number of aryl methyl sites for hydroxylation is 1. The third kappa shape index (κ3) is 1.14. The van der Waals surface area contributed by atoms with Gasteiger partial charge in [0, 0.05) is 5.39 Å². The molecule has 0 fully saturated rings. The minimum atomic E-state index is 0.794. The fraction of sp³-hybridized carbons (Fsp3) is 0.182. The van der Waals surface area contributed by atoms with Crippen molar-refractivity contribution in [1.82, 2.24) is 20.4 Å². The van der Waals surface area contributed by atoms with Gasteiger partial charge in [-0.3, -0.25) is 5.10 Å². The van der Waals surface area contributed by atoms with Crippen molar-refractivity contribution in [3.05, 3.63) is 23.9 Å². The molecule has 3 rings (SSSR count). The Kier molecular flexibility index (Phi) is 1.80. The van der Waals surface area contributed by atoms with Crippen LogP contribution in [0, 0.1) is 6.92 Å². The molecule has 3 aromatic rings. The number of aromatic amines is 1. The van der Waals surface area contributed by atoms with E-state index in [0.29, 0.717) is 0 Å². The lowest BCUT2D eigenvalue weighted by molar-refractivity contribution is 0.415. The summed E-state index contributed by atoms with van der Waals surface area (Å²) in [5.74, 6) is 0.794. The highest BCUT2D eigenvalue weighted by molar-refractivity contribution is 6.02. The van der Waals surface area contributed by atoms with Crippen LogP contribution in [0.3, 0.4) is 0 Å². The summed E-state index contributed by atoms with van der Waals surface area (Å²) >= 11 is 0. The number of rotatable bonds is 1. The van der Waals surface area contributed by atoms with Gasteiger partial charge in [0.15, 0.2) is 0 Å². The molecule has 16 heavy (non-hydrogen) atoms. The van der Waals surface area contributed by atoms with Crippen LogP contribution in [0.2, 0.25) is 0 Å². The van der Waals surface area contributed by atoms with Crippen LogP contribution in [-0.4, -0.2) is 27.5 Å². The summed E-state index contributed by atoms with van der Waals surface area (Å²) in [6.45, 7) is 1.93. The molecule has 0 bridgehead atoms. The second-order valence-corrected chi connectivity index (χ2v) is 3.63. The first-order chi connectivity index (χ1) is 7.79. The number of ether oxygens (including phenoxy) is 1. The van der Waals surface area contributed by atoms with E-state index in [9.17, 15) is 0 Å². The van der Waals surface area contributed by atoms with E-state index < -0.39 is 0 Å². The van der Waals surface area contributed by atoms with Crippen LogP contribution in [0.25, 0.3) is 21.9 Å². The third-order valence-corrected chi connectivity index (χ3v) is 2.63. The molecule has 0 amide bonds. The smallest absolute Gasteiger partial charge is 0.134 e. The van der Waals surface area contributed by atoms with Crippen molar-refractivity contribution in [1.29, 1.82) is 0 Å². The van der Waals surface area contributed by atoms with Crippen LogP contribution in [0.4, 0.5) is 0 Å². The van der Waals surface area contributed by atoms with E-state index in [1.54, 1.807) is 7.11 Å². The minimum Gasteiger partial charge on any atom is -0.497 e. The van der Waals surface area contributed by atoms with Crippen LogP contribution < -0.4 is 4.74 Å². The third-order valence-electron chi connectivity index (χ3n) is 2.63. The summed E-state index contributed by atoms with van der Waals surface area (Å²) < 4.78 is 5.19. The summed E-state index contributed by atoms with van der Waals surface area (Å²) in [7, 11) is 1.64. The number of hydrogen-bond donors (Lipinski definition) is 1. The van der Waals surface area contributed by atoms with Crippen molar-refractivity contribution in [3.63, 3.8) is 0 Å². The molecule has 0 aliphatic carbocycles. The van der Waals surface area contributed by atoms with Gasteiger partial charge in [-0.05, 0) is 25.1 Å². The molecule has 0 aliphatic rings. The standard InChI is InChI=1S/C11H10N4O/c1-6-10-11(15-12-6)8-5-7(16-2)3-4-9(8)13-14-10/h3-5H,1-2H3,(H,12,15). The first-order valence-corrected chi connectivity index (χ1v) is 4.94. The molecule has 1 aromatic carbocycles. The Balaban J connectivity index is 2.47. The van der Waals surface area contributed by atoms with Gasteiger partial charge in [0.05, 0.1) is 18.3 Å². The van der Waals surface area contributed by atoms with Gasteiger partial charge in [0.25, 0.3) is 0 Å². The van der Waals surface area contributed by atoms with E-state index in [-0.39, 0.29) is 0 Å². The molecule has 2 aromatic heterocycles. The van der Waals surface area contributed by atoms with Gasteiger partial charge in [0.2, 0.25) is 0 Å². The lowest BCUT2D eigenvalue weighted by Crippen LogP contribution is -1.88. The lowest BCUT2D eigenvalue weighted by Gasteiger charge is -2.01. The largest absolute Gasteiger partial charge is 0.497 e. The molecule has 5 heteroatoms. The predicted molar refractivity (Wildman–Crippen MR) is 60.5 cm³/mol. The Bertz CT molecular complexity index is 674. The quantitative estimate of drug-likeness (QED) is 0.671. The molecule has 1 N–H and O–H groups in total. The summed E-state index contributed by atoms with van der Waals surface area (Å²) in [5, 5.41) is 16.4. The van der Waals surface area contributed by atoms with Crippen LogP contribution >= 0.6 is 0 Å². The molecular formula is C11H10N4O. The maximum absolute atomic E-state index is 5.19. The van der Waals surface area contributed by atoms with Gasteiger partial charge in [-0.1, -0.05) is 0 Å². The SMILES string of the molecule is COc1ccc2nnc3c(C)[nH]nc3c2c1. The van der Waals surface area contributed by atoms with E-state index >= 15 is 0 Å². The highest BCUT2D eigenvalue weighted by atomic mass is 16.5. The molecule has 0 aliphatic heterocycles. The van der Waals surface area contributed by atoms with Gasteiger partial charge >= 0.3 is 0 Å². The van der Waals surface area contributed by atoms with Gasteiger partial charge in [0.1, 0.15) is 16.8 Å². The number of nitrogens with one attached hydrogen (secondary N) is 1. The van der Waals surface area contributed by atoms with Gasteiger partial charge < -0.3 is 4.74 Å². The molecule has 0 radical (unpaired) electrons. The number of benzene rings is 1. The van der Waals surface area contributed by atoms with E-state index in [0.717, 1.165) is 33.4 Å². The number of hydrogen-bond acceptors (Lipinski definition) is 4. The molecule has 0 saturated heterocycles. The maximum Gasteiger partial charge on any atom is 0.134 e. The van der Waals surface area contributed by atoms with Gasteiger partial charge in [-0.15, -0.1) is 10.2 Å². The average molecular weight is 214 g/mol. The van der Waals surface area contributed by atoms with Gasteiger partial charge in [-0.2, -0.15) is 5.10 Å². The molecule has 0 saturated carbocycles. The number of aromatic nitrogens is 4. The first-order valence-electron chi connectivity index (χ1n) is 4.94. The zero-order valence-corrected chi connectivity index (χ0v) is 8.98. The molecule has 0 spiro atoms. The lowest BCUT2D eigenvalue weighted by atomic mass is 10.2. The Morgan fingerprint density at radius 3 is 2.88 bits per heavy atom. The van der Waals surface area contributed by atoms with Crippen LogP contribution in [0.15, 0.2) is 18.2 Å². The van der Waals surface area contributed by atoms with E-state index in [4.69, 9.17) is 4.74 Å². The number of fused-ring (bicyclic) bond motifs is 3. The monoisotopic (exact) mass is 214 g/mol. The van der Waals surface area contributed by atoms with Gasteiger partial charge in [-0.25, -0.2) is 0 Å². The predicted octanol–water partition coefficient (Wildman–Crippen LogP) is 1.82. The highest BCUT2D eigenvalue weighted by Gasteiger charge is 2.09. The Morgan fingerprint density at radius 1 is 1.19 bits per heavy atom. The normalized spacial score (nSPS) is 11.1. The van der Waals surface area contributed by atoms with Crippen LogP contribution in [0.1, 0.15) is 5.69 Å². The Hall–Kier alpha value is -2.17. The van der Waals surface area contributed by atoms with Crippen molar-refractivity contribution >= 4 is 21.9 Å². The topological polar surface area (TPSA) is 63.7 Å². The van der Waals surface area contributed by atoms with Crippen molar-refractivity contribution in [3.8, 4) is 5.75 Å². The Labute approximate surface area is 91.4 Å². The van der Waals surface area contributed by atoms with Crippen LogP contribution in [0.5, 0.6) is 5.75 Å². The van der Waals surface area contributed by atoms with Crippen molar-refractivity contribution in [2.24, 2.45) is 0 Å². The van der Waals surface area contributed by atoms with E-state index in [2.05, 4.69) is 20.4 Å². The first kappa shape index (κ1) is 9.08. The highest BCUT2D eigenvalue weighted by Crippen LogP contribution is 2.25. The maximum atomic E-state index is 5.19. The van der Waals surface area contributed by atoms with Crippen molar-refractivity contribution in [2.75, 3.05) is 7.11 Å². The van der Waals surface area contributed by atoms with Crippen molar-refractivity contribution < 1.29 is 4.74 Å². The number of methoxy groups -OCH3 is 1. The molecule has 0 atom stereocenters. The fourth-order valence-corrected chi connectivity index (χ4v) is 1.76. The van der Waals surface area contributed by atoms with E-state index in [1.807, 2.05) is 25.1 Å². The molecule has 2 heterocycles. The zero-order chi connectivity index (χ0) is 11.1.